The molecule has 1 aromatic carbocycles. The zero-order valence-corrected chi connectivity index (χ0v) is 6.53. The predicted octanol–water partition coefficient (Wildman–Crippen LogP) is 1.17. The molecule has 1 heterocycles. The lowest BCUT2D eigenvalue weighted by molar-refractivity contribution is 0.348. The Morgan fingerprint density at radius 3 is 3.00 bits per heavy atom. The molecule has 0 fully saturated rings. The lowest BCUT2D eigenvalue weighted by Crippen LogP contribution is -1.99. The summed E-state index contributed by atoms with van der Waals surface area (Å²) in [6.07, 6.45) is 0. The second-order valence-corrected chi connectivity index (χ2v) is 2.59. The van der Waals surface area contributed by atoms with E-state index in [9.17, 15) is 0 Å². The van der Waals surface area contributed by atoms with E-state index in [-0.39, 0.29) is 5.75 Å². The first-order valence-corrected chi connectivity index (χ1v) is 3.83. The molecule has 62 valence electrons. The van der Waals surface area contributed by atoms with Crippen molar-refractivity contribution in [1.29, 1.82) is 0 Å². The Morgan fingerprint density at radius 1 is 1.42 bits per heavy atom. The average Bonchev–Trinajstić information content (AvgIpc) is 2.56. The SMILES string of the molecule is Oc1cccc(C2=NCCO2)c1. The fourth-order valence-electron chi connectivity index (χ4n) is 1.15. The van der Waals surface area contributed by atoms with Crippen molar-refractivity contribution < 1.29 is 9.84 Å². The van der Waals surface area contributed by atoms with Crippen LogP contribution in [0.5, 0.6) is 5.75 Å². The first kappa shape index (κ1) is 7.16. The number of benzene rings is 1. The first-order valence-electron chi connectivity index (χ1n) is 3.83. The minimum Gasteiger partial charge on any atom is -0.508 e. The Labute approximate surface area is 70.3 Å². The van der Waals surface area contributed by atoms with E-state index in [4.69, 9.17) is 9.84 Å². The van der Waals surface area contributed by atoms with Gasteiger partial charge in [0.25, 0.3) is 0 Å². The lowest BCUT2D eigenvalue weighted by Gasteiger charge is -2.00. The summed E-state index contributed by atoms with van der Waals surface area (Å²) >= 11 is 0. The summed E-state index contributed by atoms with van der Waals surface area (Å²) in [5.41, 5.74) is 0.840. The van der Waals surface area contributed by atoms with Gasteiger partial charge in [-0.25, -0.2) is 4.99 Å². The Hall–Kier alpha value is -1.51. The van der Waals surface area contributed by atoms with Crippen molar-refractivity contribution in [2.45, 2.75) is 0 Å². The van der Waals surface area contributed by atoms with Gasteiger partial charge in [-0.15, -0.1) is 0 Å². The van der Waals surface area contributed by atoms with Crippen LogP contribution in [0.15, 0.2) is 29.3 Å². The Morgan fingerprint density at radius 2 is 2.33 bits per heavy atom. The van der Waals surface area contributed by atoms with Crippen LogP contribution in [0.25, 0.3) is 0 Å². The third-order valence-corrected chi connectivity index (χ3v) is 1.68. The number of phenolic OH excluding ortho intramolecular Hbond substituents is 1. The minimum atomic E-state index is 0.241. The number of phenols is 1. The van der Waals surface area contributed by atoms with E-state index in [0.717, 1.165) is 5.56 Å². The molecule has 0 bridgehead atoms. The predicted molar refractivity (Wildman–Crippen MR) is 45.5 cm³/mol. The lowest BCUT2D eigenvalue weighted by atomic mass is 10.2. The van der Waals surface area contributed by atoms with E-state index in [2.05, 4.69) is 4.99 Å². The second-order valence-electron chi connectivity index (χ2n) is 2.59. The highest BCUT2D eigenvalue weighted by atomic mass is 16.5. The Kier molecular flexibility index (Phi) is 1.70. The van der Waals surface area contributed by atoms with Crippen molar-refractivity contribution >= 4 is 5.90 Å². The van der Waals surface area contributed by atoms with E-state index in [1.165, 1.54) is 0 Å². The topological polar surface area (TPSA) is 41.8 Å². The van der Waals surface area contributed by atoms with Gasteiger partial charge in [-0.1, -0.05) is 6.07 Å². The van der Waals surface area contributed by atoms with Crippen molar-refractivity contribution in [2.24, 2.45) is 4.99 Å². The van der Waals surface area contributed by atoms with Crippen molar-refractivity contribution in [2.75, 3.05) is 13.2 Å². The summed E-state index contributed by atoms with van der Waals surface area (Å²) in [5.74, 6) is 0.872. The van der Waals surface area contributed by atoms with Gasteiger partial charge in [0.2, 0.25) is 5.90 Å². The largest absolute Gasteiger partial charge is 0.508 e. The number of ether oxygens (including phenoxy) is 1. The van der Waals surface area contributed by atoms with Crippen LogP contribution in [0.3, 0.4) is 0 Å². The van der Waals surface area contributed by atoms with Gasteiger partial charge in [-0.3, -0.25) is 0 Å². The average molecular weight is 163 g/mol. The molecule has 3 heteroatoms. The molecule has 1 aliphatic heterocycles. The van der Waals surface area contributed by atoms with Crippen LogP contribution in [0, 0.1) is 0 Å². The molecular weight excluding hydrogens is 154 g/mol. The summed E-state index contributed by atoms with van der Waals surface area (Å²) in [6, 6.07) is 6.90. The maximum Gasteiger partial charge on any atom is 0.216 e. The molecule has 0 spiro atoms. The molecule has 1 aromatic rings. The van der Waals surface area contributed by atoms with Crippen LogP contribution < -0.4 is 0 Å². The van der Waals surface area contributed by atoms with Crippen molar-refractivity contribution in [3.63, 3.8) is 0 Å². The quantitative estimate of drug-likeness (QED) is 0.675. The molecule has 0 saturated carbocycles. The molecule has 12 heavy (non-hydrogen) atoms. The van der Waals surface area contributed by atoms with Crippen LogP contribution in [0.1, 0.15) is 5.56 Å². The number of hydrogen-bond acceptors (Lipinski definition) is 3. The molecule has 0 aliphatic carbocycles. The molecular formula is C9H9NO2. The van der Waals surface area contributed by atoms with Gasteiger partial charge in [0.1, 0.15) is 12.4 Å². The van der Waals surface area contributed by atoms with E-state index in [0.29, 0.717) is 19.0 Å². The third-order valence-electron chi connectivity index (χ3n) is 1.68. The first-order chi connectivity index (χ1) is 5.86. The summed E-state index contributed by atoms with van der Waals surface area (Å²) in [7, 11) is 0. The van der Waals surface area contributed by atoms with E-state index >= 15 is 0 Å². The van der Waals surface area contributed by atoms with Crippen molar-refractivity contribution in [1.82, 2.24) is 0 Å². The number of rotatable bonds is 1. The van der Waals surface area contributed by atoms with Crippen LogP contribution >= 0.6 is 0 Å². The molecule has 2 rings (SSSR count). The van der Waals surface area contributed by atoms with Crippen LogP contribution in [0.2, 0.25) is 0 Å². The molecule has 1 aliphatic rings. The maximum atomic E-state index is 9.16. The molecule has 0 radical (unpaired) electrons. The highest BCUT2D eigenvalue weighted by Gasteiger charge is 2.09. The third kappa shape index (κ3) is 1.25. The van der Waals surface area contributed by atoms with Gasteiger partial charge in [0, 0.05) is 5.56 Å². The Bertz CT molecular complexity index is 320. The van der Waals surface area contributed by atoms with E-state index < -0.39 is 0 Å². The van der Waals surface area contributed by atoms with Crippen molar-refractivity contribution in [3.8, 4) is 5.75 Å². The molecule has 1 N–H and O–H groups in total. The van der Waals surface area contributed by atoms with Gasteiger partial charge in [-0.2, -0.15) is 0 Å². The summed E-state index contributed by atoms with van der Waals surface area (Å²) in [4.78, 5) is 4.13. The molecule has 0 aromatic heterocycles. The fraction of sp³-hybridized carbons (Fsp3) is 0.222. The van der Waals surface area contributed by atoms with Crippen LogP contribution in [-0.4, -0.2) is 24.2 Å². The van der Waals surface area contributed by atoms with Gasteiger partial charge < -0.3 is 9.84 Å². The highest BCUT2D eigenvalue weighted by Crippen LogP contribution is 2.13. The number of aromatic hydroxyl groups is 1. The normalized spacial score (nSPS) is 15.5. The van der Waals surface area contributed by atoms with Gasteiger partial charge in [0.05, 0.1) is 6.54 Å². The minimum absolute atomic E-state index is 0.241. The summed E-state index contributed by atoms with van der Waals surface area (Å²) < 4.78 is 5.23. The van der Waals surface area contributed by atoms with Crippen LogP contribution in [-0.2, 0) is 4.74 Å². The summed E-state index contributed by atoms with van der Waals surface area (Å²) in [5, 5.41) is 9.16. The van der Waals surface area contributed by atoms with Gasteiger partial charge in [-0.05, 0) is 18.2 Å². The van der Waals surface area contributed by atoms with E-state index in [1.807, 2.05) is 6.07 Å². The zero-order valence-electron chi connectivity index (χ0n) is 6.53. The number of hydrogen-bond donors (Lipinski definition) is 1. The standard InChI is InChI=1S/C9H9NO2/c11-8-3-1-2-7(6-8)9-10-4-5-12-9/h1-3,6,11H,4-5H2. The number of aliphatic imine (C=N–C) groups is 1. The highest BCUT2D eigenvalue weighted by molar-refractivity contribution is 5.95. The smallest absolute Gasteiger partial charge is 0.216 e. The molecule has 0 amide bonds. The molecule has 0 unspecified atom stereocenters. The monoisotopic (exact) mass is 163 g/mol. The van der Waals surface area contributed by atoms with Gasteiger partial charge >= 0.3 is 0 Å². The summed E-state index contributed by atoms with van der Waals surface area (Å²) in [6.45, 7) is 1.36. The molecule has 3 nitrogen and oxygen atoms in total. The van der Waals surface area contributed by atoms with Crippen LogP contribution in [0.4, 0.5) is 0 Å². The van der Waals surface area contributed by atoms with Crippen molar-refractivity contribution in [3.05, 3.63) is 29.8 Å². The molecule has 0 atom stereocenters. The Balaban J connectivity index is 2.33. The maximum absolute atomic E-state index is 9.16. The fourth-order valence-corrected chi connectivity index (χ4v) is 1.15. The molecule has 0 saturated heterocycles. The van der Waals surface area contributed by atoms with Gasteiger partial charge in [0.15, 0.2) is 0 Å². The second kappa shape index (κ2) is 2.85. The number of nitrogens with zero attached hydrogens (tertiary/aromatic N) is 1. The van der Waals surface area contributed by atoms with E-state index in [1.54, 1.807) is 18.2 Å². The zero-order chi connectivity index (χ0) is 8.39.